The van der Waals surface area contributed by atoms with Gasteiger partial charge in [0.05, 0.1) is 15.3 Å². The van der Waals surface area contributed by atoms with Crippen molar-refractivity contribution in [2.24, 2.45) is 0 Å². The minimum Gasteiger partial charge on any atom is -0.238 e. The highest BCUT2D eigenvalue weighted by atomic mass is 127. The predicted octanol–water partition coefficient (Wildman–Crippen LogP) is 2.08. The highest BCUT2D eigenvalue weighted by molar-refractivity contribution is 14.1. The molecule has 0 radical (unpaired) electrons. The lowest BCUT2D eigenvalue weighted by Gasteiger charge is -1.95. The summed E-state index contributed by atoms with van der Waals surface area (Å²) in [5.74, 6) is -0.234. The minimum atomic E-state index is -0.234. The topological polar surface area (TPSA) is 17.3 Å². The molecule has 11 heavy (non-hydrogen) atoms. The first-order valence-corrected chi connectivity index (χ1v) is 4.13. The van der Waals surface area contributed by atoms with E-state index in [1.54, 1.807) is 12.3 Å². The van der Waals surface area contributed by atoms with Crippen LogP contribution in [0.25, 0.3) is 5.52 Å². The van der Waals surface area contributed by atoms with Crippen LogP contribution in [0.4, 0.5) is 4.39 Å². The van der Waals surface area contributed by atoms with Crippen molar-refractivity contribution in [3.8, 4) is 0 Å². The Hall–Kier alpha value is -0.650. The average molecular weight is 262 g/mol. The summed E-state index contributed by atoms with van der Waals surface area (Å²) in [6.07, 6.45) is 3.02. The fourth-order valence-electron chi connectivity index (χ4n) is 0.914. The predicted molar refractivity (Wildman–Crippen MR) is 47.9 cm³/mol. The van der Waals surface area contributed by atoms with Crippen LogP contribution in [0, 0.1) is 9.39 Å². The number of fused-ring (bicyclic) bond motifs is 1. The number of halogens is 2. The zero-order valence-electron chi connectivity index (χ0n) is 5.46. The van der Waals surface area contributed by atoms with Gasteiger partial charge in [0.25, 0.3) is 0 Å². The van der Waals surface area contributed by atoms with Gasteiger partial charge in [-0.2, -0.15) is 5.10 Å². The molecule has 2 heterocycles. The Morgan fingerprint density at radius 1 is 1.55 bits per heavy atom. The second-order valence-electron chi connectivity index (χ2n) is 2.17. The van der Waals surface area contributed by atoms with Crippen LogP contribution in [0.2, 0.25) is 0 Å². The molecular weight excluding hydrogens is 258 g/mol. The van der Waals surface area contributed by atoms with E-state index < -0.39 is 0 Å². The van der Waals surface area contributed by atoms with Crippen molar-refractivity contribution >= 4 is 28.1 Å². The number of hydrogen-bond acceptors (Lipinski definition) is 1. The van der Waals surface area contributed by atoms with Crippen LogP contribution in [0.15, 0.2) is 24.5 Å². The number of nitrogens with zero attached hydrogens (tertiary/aromatic N) is 2. The zero-order valence-corrected chi connectivity index (χ0v) is 7.62. The molecule has 2 aromatic heterocycles. The zero-order chi connectivity index (χ0) is 7.84. The van der Waals surface area contributed by atoms with E-state index in [4.69, 9.17) is 0 Å². The van der Waals surface area contributed by atoms with Crippen LogP contribution in [0.1, 0.15) is 0 Å². The summed E-state index contributed by atoms with van der Waals surface area (Å²) in [5.41, 5.74) is 0.913. The van der Waals surface area contributed by atoms with Gasteiger partial charge in [0, 0.05) is 6.20 Å². The van der Waals surface area contributed by atoms with Crippen molar-refractivity contribution in [2.45, 2.75) is 0 Å². The van der Waals surface area contributed by atoms with Gasteiger partial charge in [0.1, 0.15) is 0 Å². The largest absolute Gasteiger partial charge is 0.238 e. The Morgan fingerprint density at radius 3 is 3.18 bits per heavy atom. The van der Waals surface area contributed by atoms with Crippen LogP contribution < -0.4 is 0 Å². The molecule has 0 fully saturated rings. The lowest BCUT2D eigenvalue weighted by Crippen LogP contribution is -1.90. The Morgan fingerprint density at radius 2 is 2.36 bits per heavy atom. The second-order valence-corrected chi connectivity index (χ2v) is 3.33. The van der Waals surface area contributed by atoms with Gasteiger partial charge in [0.15, 0.2) is 5.82 Å². The molecule has 0 saturated heterocycles. The molecule has 0 aromatic carbocycles. The monoisotopic (exact) mass is 262 g/mol. The maximum atomic E-state index is 12.9. The van der Waals surface area contributed by atoms with Crippen LogP contribution in [-0.2, 0) is 0 Å². The number of pyridine rings is 1. The highest BCUT2D eigenvalue weighted by Crippen LogP contribution is 2.12. The minimum absolute atomic E-state index is 0.234. The van der Waals surface area contributed by atoms with Crippen molar-refractivity contribution in [1.29, 1.82) is 0 Å². The standard InChI is InChI=1S/C7H4FIN2/c8-6-4-11-5(1-2-10-11)3-7(6)9/h1-4H. The first-order valence-electron chi connectivity index (χ1n) is 3.06. The molecule has 0 atom stereocenters. The molecule has 4 heteroatoms. The molecule has 2 rings (SSSR count). The molecule has 0 aliphatic carbocycles. The molecule has 0 saturated carbocycles. The van der Waals surface area contributed by atoms with Crippen LogP contribution in [0.5, 0.6) is 0 Å². The van der Waals surface area contributed by atoms with Gasteiger partial charge < -0.3 is 0 Å². The summed E-state index contributed by atoms with van der Waals surface area (Å²) < 4.78 is 15.0. The van der Waals surface area contributed by atoms with Crippen LogP contribution >= 0.6 is 22.6 Å². The molecule has 0 aliphatic heterocycles. The van der Waals surface area contributed by atoms with Gasteiger partial charge >= 0.3 is 0 Å². The summed E-state index contributed by atoms with van der Waals surface area (Å²) in [7, 11) is 0. The van der Waals surface area contributed by atoms with E-state index in [2.05, 4.69) is 5.10 Å². The summed E-state index contributed by atoms with van der Waals surface area (Å²) in [6, 6.07) is 3.59. The smallest absolute Gasteiger partial charge is 0.154 e. The van der Waals surface area contributed by atoms with Gasteiger partial charge in [-0.05, 0) is 34.7 Å². The third kappa shape index (κ3) is 1.11. The van der Waals surface area contributed by atoms with Crippen LogP contribution in [0.3, 0.4) is 0 Å². The van der Waals surface area contributed by atoms with Gasteiger partial charge in [-0.15, -0.1) is 0 Å². The molecule has 0 N–H and O–H groups in total. The molecule has 2 nitrogen and oxygen atoms in total. The van der Waals surface area contributed by atoms with Crippen molar-refractivity contribution in [2.75, 3.05) is 0 Å². The van der Waals surface area contributed by atoms with Gasteiger partial charge in [-0.25, -0.2) is 8.91 Å². The van der Waals surface area contributed by atoms with E-state index in [1.807, 2.05) is 28.7 Å². The molecule has 0 spiro atoms. The van der Waals surface area contributed by atoms with Crippen molar-refractivity contribution in [3.63, 3.8) is 0 Å². The fraction of sp³-hybridized carbons (Fsp3) is 0. The number of aromatic nitrogens is 2. The third-order valence-corrected chi connectivity index (χ3v) is 2.27. The van der Waals surface area contributed by atoms with Gasteiger partial charge in [-0.1, -0.05) is 0 Å². The van der Waals surface area contributed by atoms with Crippen LogP contribution in [-0.4, -0.2) is 9.61 Å². The highest BCUT2D eigenvalue weighted by Gasteiger charge is 2.00. The van der Waals surface area contributed by atoms with E-state index in [9.17, 15) is 4.39 Å². The molecule has 0 unspecified atom stereocenters. The first-order chi connectivity index (χ1) is 5.27. The Kier molecular flexibility index (Phi) is 1.56. The second kappa shape index (κ2) is 2.44. The molecule has 56 valence electrons. The molecule has 0 aliphatic rings. The number of rotatable bonds is 0. The quantitative estimate of drug-likeness (QED) is 0.664. The summed E-state index contributed by atoms with van der Waals surface area (Å²) in [6.45, 7) is 0. The first kappa shape index (κ1) is 7.02. The Balaban J connectivity index is 2.86. The molecule has 2 aromatic rings. The summed E-state index contributed by atoms with van der Waals surface area (Å²) in [4.78, 5) is 0. The lowest BCUT2D eigenvalue weighted by molar-refractivity contribution is 0.607. The SMILES string of the molecule is Fc1cn2nccc2cc1I. The number of hydrogen-bond donors (Lipinski definition) is 0. The van der Waals surface area contributed by atoms with E-state index in [0.29, 0.717) is 3.57 Å². The van der Waals surface area contributed by atoms with E-state index >= 15 is 0 Å². The van der Waals surface area contributed by atoms with Crippen molar-refractivity contribution < 1.29 is 4.39 Å². The fourth-order valence-corrected chi connectivity index (χ4v) is 1.37. The van der Waals surface area contributed by atoms with Gasteiger partial charge in [-0.3, -0.25) is 0 Å². The molecular formula is C7H4FIN2. The molecule has 0 amide bonds. The third-order valence-electron chi connectivity index (χ3n) is 1.44. The van der Waals surface area contributed by atoms with E-state index in [-0.39, 0.29) is 5.82 Å². The van der Waals surface area contributed by atoms with E-state index in [1.165, 1.54) is 10.7 Å². The van der Waals surface area contributed by atoms with Crippen molar-refractivity contribution in [3.05, 3.63) is 33.9 Å². The molecule has 0 bridgehead atoms. The Bertz CT molecular complexity index is 360. The lowest BCUT2D eigenvalue weighted by atomic mass is 10.4. The van der Waals surface area contributed by atoms with Crippen molar-refractivity contribution in [1.82, 2.24) is 9.61 Å². The average Bonchev–Trinajstić information content (AvgIpc) is 2.36. The summed E-state index contributed by atoms with van der Waals surface area (Å²) >= 11 is 1.95. The van der Waals surface area contributed by atoms with Gasteiger partial charge in [0.2, 0.25) is 0 Å². The Labute approximate surface area is 76.2 Å². The normalized spacial score (nSPS) is 10.7. The maximum absolute atomic E-state index is 12.9. The van der Waals surface area contributed by atoms with E-state index in [0.717, 1.165) is 5.52 Å². The summed E-state index contributed by atoms with van der Waals surface area (Å²) in [5, 5.41) is 3.89. The maximum Gasteiger partial charge on any atom is 0.154 e.